The molecular formula is C24H25NO5. The van der Waals surface area contributed by atoms with Crippen LogP contribution in [0.5, 0.6) is 23.0 Å². The molecule has 6 nitrogen and oxygen atoms in total. The number of para-hydroxylation sites is 1. The second-order valence-electron chi connectivity index (χ2n) is 6.44. The van der Waals surface area contributed by atoms with Crippen LogP contribution in [0.1, 0.15) is 30.1 Å². The summed E-state index contributed by atoms with van der Waals surface area (Å²) < 4.78 is 22.2. The van der Waals surface area contributed by atoms with Crippen molar-refractivity contribution in [2.75, 3.05) is 20.8 Å². The number of carbonyl (C=O) groups excluding carboxylic acids is 1. The van der Waals surface area contributed by atoms with Gasteiger partial charge in [0.05, 0.1) is 26.3 Å². The van der Waals surface area contributed by atoms with Crippen molar-refractivity contribution in [1.29, 1.82) is 0 Å². The number of benzene rings is 2. The summed E-state index contributed by atoms with van der Waals surface area (Å²) in [5.74, 6) is 1.68. The fraction of sp³-hybridized carbons (Fsp3) is 0.250. The van der Waals surface area contributed by atoms with Gasteiger partial charge in [-0.1, -0.05) is 31.2 Å². The SMILES string of the molecule is CCC=CCCOC(=O)c1ccccc1Oc1ccnc2cc(OC)c(OC)cc12. The van der Waals surface area contributed by atoms with E-state index in [2.05, 4.69) is 11.9 Å². The van der Waals surface area contributed by atoms with Gasteiger partial charge in [0.25, 0.3) is 0 Å². The van der Waals surface area contributed by atoms with Crippen LogP contribution < -0.4 is 14.2 Å². The van der Waals surface area contributed by atoms with Gasteiger partial charge in [0.1, 0.15) is 17.1 Å². The molecule has 0 radical (unpaired) electrons. The Bertz CT molecular complexity index is 1040. The third-order valence-electron chi connectivity index (χ3n) is 4.45. The lowest BCUT2D eigenvalue weighted by Crippen LogP contribution is -2.07. The van der Waals surface area contributed by atoms with Crippen molar-refractivity contribution >= 4 is 16.9 Å². The number of pyridine rings is 1. The number of rotatable bonds is 9. The predicted molar refractivity (Wildman–Crippen MR) is 116 cm³/mol. The van der Waals surface area contributed by atoms with E-state index in [-0.39, 0.29) is 0 Å². The van der Waals surface area contributed by atoms with Gasteiger partial charge in [0, 0.05) is 17.6 Å². The van der Waals surface area contributed by atoms with Crippen LogP contribution in [-0.4, -0.2) is 31.8 Å². The van der Waals surface area contributed by atoms with Gasteiger partial charge in [-0.3, -0.25) is 4.98 Å². The maximum atomic E-state index is 12.6. The molecule has 0 amide bonds. The van der Waals surface area contributed by atoms with Gasteiger partial charge < -0.3 is 18.9 Å². The van der Waals surface area contributed by atoms with E-state index in [1.165, 1.54) is 0 Å². The number of ether oxygens (including phenoxy) is 4. The molecule has 1 heterocycles. The van der Waals surface area contributed by atoms with Gasteiger partial charge in [-0.15, -0.1) is 0 Å². The first kappa shape index (κ1) is 21.2. The molecule has 30 heavy (non-hydrogen) atoms. The fourth-order valence-electron chi connectivity index (χ4n) is 2.96. The Morgan fingerprint density at radius 2 is 1.73 bits per heavy atom. The molecule has 0 unspecified atom stereocenters. The summed E-state index contributed by atoms with van der Waals surface area (Å²) in [6.45, 7) is 2.38. The predicted octanol–water partition coefficient (Wildman–Crippen LogP) is 5.56. The van der Waals surface area contributed by atoms with Crippen molar-refractivity contribution < 1.29 is 23.7 Å². The summed E-state index contributed by atoms with van der Waals surface area (Å²) in [6.07, 6.45) is 7.33. The molecule has 0 saturated heterocycles. The molecule has 156 valence electrons. The van der Waals surface area contributed by atoms with E-state index < -0.39 is 5.97 Å². The minimum atomic E-state index is -0.423. The van der Waals surface area contributed by atoms with Crippen molar-refractivity contribution in [2.45, 2.75) is 19.8 Å². The number of hydrogen-bond donors (Lipinski definition) is 0. The average molecular weight is 407 g/mol. The quantitative estimate of drug-likeness (QED) is 0.263. The summed E-state index contributed by atoms with van der Waals surface area (Å²) in [6, 6.07) is 12.3. The molecule has 0 aliphatic heterocycles. The van der Waals surface area contributed by atoms with Gasteiger partial charge >= 0.3 is 5.97 Å². The third kappa shape index (κ3) is 4.89. The Morgan fingerprint density at radius 3 is 2.50 bits per heavy atom. The van der Waals surface area contributed by atoms with E-state index in [4.69, 9.17) is 18.9 Å². The summed E-state index contributed by atoms with van der Waals surface area (Å²) in [4.78, 5) is 16.9. The van der Waals surface area contributed by atoms with Crippen molar-refractivity contribution in [1.82, 2.24) is 4.98 Å². The minimum absolute atomic E-state index is 0.318. The summed E-state index contributed by atoms with van der Waals surface area (Å²) >= 11 is 0. The van der Waals surface area contributed by atoms with E-state index in [1.54, 1.807) is 56.8 Å². The normalized spacial score (nSPS) is 10.9. The van der Waals surface area contributed by atoms with Gasteiger partial charge in [-0.05, 0) is 37.1 Å². The van der Waals surface area contributed by atoms with E-state index >= 15 is 0 Å². The van der Waals surface area contributed by atoms with Gasteiger partial charge in [0.2, 0.25) is 0 Å². The molecule has 0 N–H and O–H groups in total. The molecule has 1 aromatic heterocycles. The lowest BCUT2D eigenvalue weighted by Gasteiger charge is -2.14. The van der Waals surface area contributed by atoms with Crippen LogP contribution in [0.25, 0.3) is 10.9 Å². The summed E-state index contributed by atoms with van der Waals surface area (Å²) in [5.41, 5.74) is 1.05. The fourth-order valence-corrected chi connectivity index (χ4v) is 2.96. The smallest absolute Gasteiger partial charge is 0.341 e. The second kappa shape index (κ2) is 10.3. The Morgan fingerprint density at radius 1 is 0.967 bits per heavy atom. The zero-order valence-corrected chi connectivity index (χ0v) is 17.4. The number of esters is 1. The standard InChI is InChI=1S/C24H25NO5/c1-4-5-6-9-14-29-24(26)17-10-7-8-11-20(17)30-21-12-13-25-19-16-23(28-3)22(27-2)15-18(19)21/h5-8,10-13,15-16H,4,9,14H2,1-3H3. The van der Waals surface area contributed by atoms with Gasteiger partial charge in [-0.25, -0.2) is 4.79 Å². The van der Waals surface area contributed by atoms with Crippen LogP contribution in [-0.2, 0) is 4.74 Å². The maximum Gasteiger partial charge on any atom is 0.341 e. The zero-order chi connectivity index (χ0) is 21.3. The Kier molecular flexibility index (Phi) is 7.27. The summed E-state index contributed by atoms with van der Waals surface area (Å²) in [5, 5.41) is 0.739. The van der Waals surface area contributed by atoms with Crippen molar-refractivity contribution in [3.05, 3.63) is 66.4 Å². The van der Waals surface area contributed by atoms with Gasteiger partial charge in [0.15, 0.2) is 11.5 Å². The highest BCUT2D eigenvalue weighted by atomic mass is 16.5. The molecule has 0 atom stereocenters. The van der Waals surface area contributed by atoms with E-state index in [0.29, 0.717) is 47.1 Å². The monoisotopic (exact) mass is 407 g/mol. The highest BCUT2D eigenvalue weighted by Crippen LogP contribution is 2.37. The molecular weight excluding hydrogens is 382 g/mol. The number of aromatic nitrogens is 1. The van der Waals surface area contributed by atoms with Gasteiger partial charge in [-0.2, -0.15) is 0 Å². The topological polar surface area (TPSA) is 66.9 Å². The van der Waals surface area contributed by atoms with Crippen LogP contribution in [0.4, 0.5) is 0 Å². The largest absolute Gasteiger partial charge is 0.493 e. The van der Waals surface area contributed by atoms with E-state index in [0.717, 1.165) is 11.8 Å². The molecule has 0 bridgehead atoms. The Labute approximate surface area is 176 Å². The van der Waals surface area contributed by atoms with Crippen molar-refractivity contribution in [3.63, 3.8) is 0 Å². The molecule has 0 aliphatic rings. The van der Waals surface area contributed by atoms with Crippen LogP contribution in [0.15, 0.2) is 60.8 Å². The van der Waals surface area contributed by atoms with Crippen molar-refractivity contribution in [3.8, 4) is 23.0 Å². The number of nitrogens with zero attached hydrogens (tertiary/aromatic N) is 1. The molecule has 2 aromatic carbocycles. The lowest BCUT2D eigenvalue weighted by atomic mass is 10.1. The Balaban J connectivity index is 1.87. The molecule has 3 aromatic rings. The van der Waals surface area contributed by atoms with Crippen LogP contribution in [0, 0.1) is 0 Å². The first-order valence-corrected chi connectivity index (χ1v) is 9.77. The van der Waals surface area contributed by atoms with Crippen molar-refractivity contribution in [2.24, 2.45) is 0 Å². The number of fused-ring (bicyclic) bond motifs is 1. The maximum absolute atomic E-state index is 12.6. The molecule has 0 spiro atoms. The van der Waals surface area contributed by atoms with E-state index in [9.17, 15) is 4.79 Å². The summed E-state index contributed by atoms with van der Waals surface area (Å²) in [7, 11) is 3.14. The lowest BCUT2D eigenvalue weighted by molar-refractivity contribution is 0.0509. The number of allylic oxidation sites excluding steroid dienone is 1. The van der Waals surface area contributed by atoms with Crippen LogP contribution >= 0.6 is 0 Å². The molecule has 0 aliphatic carbocycles. The first-order chi connectivity index (χ1) is 14.7. The molecule has 6 heteroatoms. The number of hydrogen-bond acceptors (Lipinski definition) is 6. The highest BCUT2D eigenvalue weighted by Gasteiger charge is 2.16. The van der Waals surface area contributed by atoms with Crippen LogP contribution in [0.2, 0.25) is 0 Å². The second-order valence-corrected chi connectivity index (χ2v) is 6.44. The zero-order valence-electron chi connectivity index (χ0n) is 17.4. The first-order valence-electron chi connectivity index (χ1n) is 9.77. The molecule has 3 rings (SSSR count). The Hall–Kier alpha value is -3.54. The minimum Gasteiger partial charge on any atom is -0.493 e. The van der Waals surface area contributed by atoms with E-state index in [1.807, 2.05) is 18.2 Å². The number of methoxy groups -OCH3 is 2. The molecule has 0 saturated carbocycles. The highest BCUT2D eigenvalue weighted by molar-refractivity contribution is 5.93. The third-order valence-corrected chi connectivity index (χ3v) is 4.45. The molecule has 0 fully saturated rings. The number of carbonyl (C=O) groups is 1. The average Bonchev–Trinajstić information content (AvgIpc) is 2.78. The van der Waals surface area contributed by atoms with Crippen LogP contribution in [0.3, 0.4) is 0 Å².